The second-order valence-corrected chi connectivity index (χ2v) is 9.31. The number of Topliss-reactive ketones (excluding diaryl/α,β-unsaturated/α-hetero) is 1. The standard InChI is InChI=1S/C26H39N5O5/c1-4-6-8-14-19(22(32)24(34)28-16-5-2)29-23(33)20-15-11-17-31(20)25(35)21(30-26(36)27-3)18-12-9-7-10-13-18/h1,5,18-21H,2,6-17H2,3H3,(H,28,34)(H,29,33)(H2,27,30,36). The number of likely N-dealkylation sites (tertiary alicyclic amines) is 1. The van der Waals surface area contributed by atoms with Crippen molar-refractivity contribution in [3.05, 3.63) is 12.7 Å². The summed E-state index contributed by atoms with van der Waals surface area (Å²) < 4.78 is 0. The molecule has 5 amide bonds. The third-order valence-corrected chi connectivity index (χ3v) is 6.82. The zero-order chi connectivity index (χ0) is 26.5. The molecule has 3 unspecified atom stereocenters. The molecule has 2 fully saturated rings. The largest absolute Gasteiger partial charge is 0.346 e. The van der Waals surface area contributed by atoms with Gasteiger partial charge in [-0.2, -0.15) is 0 Å². The Bertz CT molecular complexity index is 861. The number of nitrogens with one attached hydrogen (secondary N) is 4. The third-order valence-electron chi connectivity index (χ3n) is 6.82. The van der Waals surface area contributed by atoms with Gasteiger partial charge in [0.2, 0.25) is 17.6 Å². The van der Waals surface area contributed by atoms with Crippen molar-refractivity contribution in [1.29, 1.82) is 0 Å². The van der Waals surface area contributed by atoms with E-state index in [-0.39, 0.29) is 24.8 Å². The zero-order valence-corrected chi connectivity index (χ0v) is 21.1. The van der Waals surface area contributed by atoms with Crippen LogP contribution in [0, 0.1) is 18.3 Å². The maximum Gasteiger partial charge on any atom is 0.315 e. The molecule has 3 atom stereocenters. The van der Waals surface area contributed by atoms with Crippen LogP contribution in [0.1, 0.15) is 64.2 Å². The highest BCUT2D eigenvalue weighted by Crippen LogP contribution is 2.29. The summed E-state index contributed by atoms with van der Waals surface area (Å²) in [7, 11) is 1.49. The molecule has 198 valence electrons. The van der Waals surface area contributed by atoms with Gasteiger partial charge >= 0.3 is 6.03 Å². The van der Waals surface area contributed by atoms with Gasteiger partial charge < -0.3 is 26.2 Å². The molecule has 1 aliphatic heterocycles. The van der Waals surface area contributed by atoms with Crippen molar-refractivity contribution in [3.8, 4) is 12.3 Å². The Balaban J connectivity index is 2.16. The van der Waals surface area contributed by atoms with Crippen LogP contribution in [0.15, 0.2) is 12.7 Å². The average molecular weight is 502 g/mol. The molecule has 0 spiro atoms. The summed E-state index contributed by atoms with van der Waals surface area (Å²) in [4.78, 5) is 65.5. The first kappa shape index (κ1) is 28.9. The van der Waals surface area contributed by atoms with Crippen LogP contribution in [-0.2, 0) is 19.2 Å². The van der Waals surface area contributed by atoms with Crippen LogP contribution in [0.2, 0.25) is 0 Å². The molecule has 1 heterocycles. The van der Waals surface area contributed by atoms with Gasteiger partial charge in [0.25, 0.3) is 5.91 Å². The van der Waals surface area contributed by atoms with E-state index in [0.717, 1.165) is 32.1 Å². The van der Waals surface area contributed by atoms with E-state index in [0.29, 0.717) is 32.2 Å². The number of ketones is 1. The van der Waals surface area contributed by atoms with Gasteiger partial charge in [-0.1, -0.05) is 25.3 Å². The Morgan fingerprint density at radius 3 is 2.44 bits per heavy atom. The average Bonchev–Trinajstić information content (AvgIpc) is 3.39. The molecule has 10 nitrogen and oxygen atoms in total. The molecule has 0 radical (unpaired) electrons. The van der Waals surface area contributed by atoms with Gasteiger partial charge in [-0.15, -0.1) is 18.9 Å². The number of unbranched alkanes of at least 4 members (excludes halogenated alkanes) is 1. The monoisotopic (exact) mass is 501 g/mol. The second kappa shape index (κ2) is 14.9. The van der Waals surface area contributed by atoms with Gasteiger partial charge in [-0.05, 0) is 44.4 Å². The van der Waals surface area contributed by atoms with E-state index in [2.05, 4.69) is 33.8 Å². The Kier molecular flexibility index (Phi) is 12.0. The van der Waals surface area contributed by atoms with Gasteiger partial charge in [0, 0.05) is 26.6 Å². The van der Waals surface area contributed by atoms with Gasteiger partial charge in [0.1, 0.15) is 12.1 Å². The molecule has 2 aliphatic rings. The number of carbonyl (C=O) groups is 5. The van der Waals surface area contributed by atoms with Crippen molar-refractivity contribution < 1.29 is 24.0 Å². The smallest absolute Gasteiger partial charge is 0.315 e. The Labute approximate surface area is 213 Å². The van der Waals surface area contributed by atoms with E-state index in [9.17, 15) is 24.0 Å². The fourth-order valence-electron chi connectivity index (χ4n) is 4.90. The minimum absolute atomic E-state index is 0.000457. The number of urea groups is 1. The summed E-state index contributed by atoms with van der Waals surface area (Å²) in [5.41, 5.74) is 0. The summed E-state index contributed by atoms with van der Waals surface area (Å²) in [6.45, 7) is 4.02. The van der Waals surface area contributed by atoms with Crippen LogP contribution >= 0.6 is 0 Å². The highest BCUT2D eigenvalue weighted by Gasteiger charge is 2.41. The third kappa shape index (κ3) is 8.11. The van der Waals surface area contributed by atoms with E-state index >= 15 is 0 Å². The van der Waals surface area contributed by atoms with Crippen molar-refractivity contribution in [3.63, 3.8) is 0 Å². The molecule has 4 N–H and O–H groups in total. The predicted octanol–water partition coefficient (Wildman–Crippen LogP) is 1.01. The topological polar surface area (TPSA) is 137 Å². The van der Waals surface area contributed by atoms with E-state index < -0.39 is 41.8 Å². The molecule has 2 rings (SSSR count). The predicted molar refractivity (Wildman–Crippen MR) is 136 cm³/mol. The van der Waals surface area contributed by atoms with Gasteiger partial charge in [0.05, 0.1) is 6.04 Å². The van der Waals surface area contributed by atoms with Gasteiger partial charge in [0.15, 0.2) is 0 Å². The molecule has 0 bridgehead atoms. The molecule has 0 aromatic rings. The van der Waals surface area contributed by atoms with E-state index in [1.54, 1.807) is 0 Å². The number of terminal acetylenes is 1. The fourth-order valence-corrected chi connectivity index (χ4v) is 4.90. The molecule has 1 aliphatic carbocycles. The number of carbonyl (C=O) groups excluding carboxylic acids is 5. The number of hydrogen-bond donors (Lipinski definition) is 4. The van der Waals surface area contributed by atoms with Crippen LogP contribution in [0.4, 0.5) is 4.79 Å². The Morgan fingerprint density at radius 1 is 1.08 bits per heavy atom. The lowest BCUT2D eigenvalue weighted by molar-refractivity contribution is -0.143. The van der Waals surface area contributed by atoms with Crippen LogP contribution in [-0.4, -0.2) is 72.7 Å². The van der Waals surface area contributed by atoms with E-state index in [1.165, 1.54) is 18.0 Å². The first-order valence-electron chi connectivity index (χ1n) is 12.8. The normalized spacial score (nSPS) is 19.3. The molecule has 10 heteroatoms. The van der Waals surface area contributed by atoms with Crippen molar-refractivity contribution >= 4 is 29.5 Å². The van der Waals surface area contributed by atoms with E-state index in [1.807, 2.05) is 0 Å². The maximum atomic E-state index is 13.6. The highest BCUT2D eigenvalue weighted by molar-refractivity contribution is 6.38. The highest BCUT2D eigenvalue weighted by atomic mass is 16.2. The SMILES string of the molecule is C#CCCCC(NC(=O)C1CCCN1C(=O)C(NC(=O)NC)C1CCCCC1)C(=O)C(=O)NCC=C. The summed E-state index contributed by atoms with van der Waals surface area (Å²) in [5.74, 6) is 0.135. The Morgan fingerprint density at radius 2 is 1.81 bits per heavy atom. The van der Waals surface area contributed by atoms with Gasteiger partial charge in [-0.25, -0.2) is 4.79 Å². The minimum Gasteiger partial charge on any atom is -0.346 e. The quantitative estimate of drug-likeness (QED) is 0.137. The van der Waals surface area contributed by atoms with Crippen molar-refractivity contribution in [1.82, 2.24) is 26.2 Å². The first-order valence-corrected chi connectivity index (χ1v) is 12.8. The number of hydrogen-bond acceptors (Lipinski definition) is 5. The molecule has 36 heavy (non-hydrogen) atoms. The lowest BCUT2D eigenvalue weighted by atomic mass is 9.83. The molecule has 0 aromatic heterocycles. The van der Waals surface area contributed by atoms with Crippen molar-refractivity contribution in [2.24, 2.45) is 5.92 Å². The van der Waals surface area contributed by atoms with Crippen LogP contribution < -0.4 is 21.3 Å². The first-order chi connectivity index (χ1) is 17.3. The van der Waals surface area contributed by atoms with Crippen LogP contribution in [0.5, 0.6) is 0 Å². The fraction of sp³-hybridized carbons (Fsp3) is 0.654. The molecule has 1 saturated carbocycles. The van der Waals surface area contributed by atoms with Crippen LogP contribution in [0.3, 0.4) is 0 Å². The lowest BCUT2D eigenvalue weighted by Gasteiger charge is -2.34. The number of nitrogens with zero attached hydrogens (tertiary/aromatic N) is 1. The van der Waals surface area contributed by atoms with Crippen molar-refractivity contribution in [2.75, 3.05) is 20.1 Å². The summed E-state index contributed by atoms with van der Waals surface area (Å²) >= 11 is 0. The molecular weight excluding hydrogens is 462 g/mol. The lowest BCUT2D eigenvalue weighted by Crippen LogP contribution is -2.58. The maximum absolute atomic E-state index is 13.6. The molecule has 1 saturated heterocycles. The van der Waals surface area contributed by atoms with Crippen LogP contribution in [0.25, 0.3) is 0 Å². The minimum atomic E-state index is -1.05. The number of amides is 5. The summed E-state index contributed by atoms with van der Waals surface area (Å²) in [6.07, 6.45) is 13.6. The molecular formula is C26H39N5O5. The summed E-state index contributed by atoms with van der Waals surface area (Å²) in [5, 5.41) is 10.4. The Hall–Kier alpha value is -3.35. The molecule has 0 aromatic carbocycles. The second-order valence-electron chi connectivity index (χ2n) is 9.31. The number of rotatable bonds is 12. The van der Waals surface area contributed by atoms with Crippen molar-refractivity contribution in [2.45, 2.75) is 82.3 Å². The summed E-state index contributed by atoms with van der Waals surface area (Å²) in [6, 6.07) is -3.00. The zero-order valence-electron chi connectivity index (χ0n) is 21.1. The van der Waals surface area contributed by atoms with Gasteiger partial charge in [-0.3, -0.25) is 19.2 Å². The van der Waals surface area contributed by atoms with E-state index in [4.69, 9.17) is 6.42 Å².